The predicted octanol–water partition coefficient (Wildman–Crippen LogP) is 2.65. The molecule has 22 heavy (non-hydrogen) atoms. The van der Waals surface area contributed by atoms with E-state index in [1.807, 2.05) is 24.3 Å². The number of hydrogen-bond acceptors (Lipinski definition) is 3. The molecule has 3 aromatic rings. The van der Waals surface area contributed by atoms with Crippen molar-refractivity contribution in [2.75, 3.05) is 0 Å². The number of nitrogens with one attached hydrogen (secondary N) is 1. The number of benzene rings is 2. The molecule has 0 aliphatic carbocycles. The Kier molecular flexibility index (Phi) is 4.15. The Morgan fingerprint density at radius 2 is 2.09 bits per heavy atom. The molecule has 0 aliphatic rings. The van der Waals surface area contributed by atoms with E-state index in [1.165, 1.54) is 10.7 Å². The summed E-state index contributed by atoms with van der Waals surface area (Å²) in [6, 6.07) is 12.0. The topological polar surface area (TPSA) is 59.8 Å². The number of aromatic nitrogens is 3. The Morgan fingerprint density at radius 3 is 2.95 bits per heavy atom. The van der Waals surface area contributed by atoms with Crippen molar-refractivity contribution in [2.24, 2.45) is 0 Å². The summed E-state index contributed by atoms with van der Waals surface area (Å²) in [6.45, 7) is 0.160. The van der Waals surface area contributed by atoms with Crippen LogP contribution in [0.5, 0.6) is 0 Å². The van der Waals surface area contributed by atoms with Gasteiger partial charge in [0.2, 0.25) is 5.91 Å². The lowest BCUT2D eigenvalue weighted by atomic mass is 10.2. The van der Waals surface area contributed by atoms with Crippen LogP contribution in [-0.4, -0.2) is 20.9 Å². The zero-order valence-electron chi connectivity index (χ0n) is 11.5. The Labute approximate surface area is 134 Å². The molecule has 0 spiro atoms. The molecule has 1 N–H and O–H groups in total. The van der Waals surface area contributed by atoms with Gasteiger partial charge < -0.3 is 5.32 Å². The molecule has 5 nitrogen and oxygen atoms in total. The van der Waals surface area contributed by atoms with E-state index >= 15 is 0 Å². The van der Waals surface area contributed by atoms with Crippen LogP contribution in [0.25, 0.3) is 11.0 Å². The number of rotatable bonds is 4. The molecule has 2 aromatic carbocycles. The molecule has 0 fully saturated rings. The summed E-state index contributed by atoms with van der Waals surface area (Å²) in [7, 11) is 0. The second-order valence-electron chi connectivity index (χ2n) is 4.75. The van der Waals surface area contributed by atoms with Crippen molar-refractivity contribution in [1.29, 1.82) is 0 Å². The molecular weight excluding hydrogens is 351 g/mol. The maximum Gasteiger partial charge on any atom is 0.242 e. The van der Waals surface area contributed by atoms with Gasteiger partial charge in [0.05, 0.1) is 5.52 Å². The highest BCUT2D eigenvalue weighted by molar-refractivity contribution is 9.10. The van der Waals surface area contributed by atoms with E-state index in [4.69, 9.17) is 0 Å². The van der Waals surface area contributed by atoms with Crippen LogP contribution in [0.4, 0.5) is 4.39 Å². The van der Waals surface area contributed by atoms with Gasteiger partial charge in [-0.2, -0.15) is 0 Å². The third-order valence-corrected chi connectivity index (χ3v) is 3.69. The molecule has 0 saturated heterocycles. The highest BCUT2D eigenvalue weighted by atomic mass is 79.9. The highest BCUT2D eigenvalue weighted by Crippen LogP contribution is 2.15. The summed E-state index contributed by atoms with van der Waals surface area (Å²) in [6.07, 6.45) is 0. The van der Waals surface area contributed by atoms with Crippen LogP contribution in [0.2, 0.25) is 0 Å². The van der Waals surface area contributed by atoms with Gasteiger partial charge in [0.1, 0.15) is 17.9 Å². The Hall–Kier alpha value is -2.28. The first kappa shape index (κ1) is 14.6. The minimum atomic E-state index is -0.352. The number of fused-ring (bicyclic) bond motifs is 1. The monoisotopic (exact) mass is 362 g/mol. The number of carbonyl (C=O) groups is 1. The van der Waals surface area contributed by atoms with Crippen LogP contribution in [-0.2, 0) is 17.9 Å². The number of halogens is 2. The molecule has 0 aliphatic heterocycles. The molecule has 0 unspecified atom stereocenters. The van der Waals surface area contributed by atoms with Gasteiger partial charge in [-0.3, -0.25) is 4.79 Å². The van der Waals surface area contributed by atoms with Crippen molar-refractivity contribution in [3.8, 4) is 0 Å². The number of nitrogens with zero attached hydrogens (tertiary/aromatic N) is 3. The Balaban J connectivity index is 1.67. The molecule has 0 radical (unpaired) electrons. The van der Waals surface area contributed by atoms with E-state index in [9.17, 15) is 9.18 Å². The van der Waals surface area contributed by atoms with Gasteiger partial charge in [-0.1, -0.05) is 33.3 Å². The molecule has 1 heterocycles. The molecule has 0 saturated carbocycles. The maximum atomic E-state index is 13.6. The van der Waals surface area contributed by atoms with Gasteiger partial charge in [0.25, 0.3) is 0 Å². The van der Waals surface area contributed by atoms with Gasteiger partial charge in [0, 0.05) is 16.6 Å². The number of carbonyl (C=O) groups excluding carboxylic acids is 1. The fraction of sp³-hybridized carbons (Fsp3) is 0.133. The van der Waals surface area contributed by atoms with Crippen molar-refractivity contribution in [3.05, 3.63) is 58.3 Å². The summed E-state index contributed by atoms with van der Waals surface area (Å²) in [5.74, 6) is -0.607. The first-order valence-electron chi connectivity index (χ1n) is 6.62. The highest BCUT2D eigenvalue weighted by Gasteiger charge is 2.09. The summed E-state index contributed by atoms with van der Waals surface area (Å²) in [5, 5.41) is 10.6. The van der Waals surface area contributed by atoms with Gasteiger partial charge in [0.15, 0.2) is 0 Å². The minimum Gasteiger partial charge on any atom is -0.350 e. The Morgan fingerprint density at radius 1 is 1.27 bits per heavy atom. The minimum absolute atomic E-state index is 0.0378. The Bertz CT molecular complexity index is 833. The first-order chi connectivity index (χ1) is 10.6. The molecule has 112 valence electrons. The molecule has 1 amide bonds. The van der Waals surface area contributed by atoms with Crippen LogP contribution in [0.3, 0.4) is 0 Å². The lowest BCUT2D eigenvalue weighted by Crippen LogP contribution is -2.27. The third-order valence-electron chi connectivity index (χ3n) is 3.20. The summed E-state index contributed by atoms with van der Waals surface area (Å²) >= 11 is 3.28. The first-order valence-corrected chi connectivity index (χ1v) is 7.41. The fourth-order valence-corrected chi connectivity index (χ4v) is 2.51. The predicted molar refractivity (Wildman–Crippen MR) is 83.5 cm³/mol. The molecule has 0 atom stereocenters. The standard InChI is InChI=1S/C15H12BrFN4O/c16-11-5-6-12(17)10(7-11)8-18-15(22)9-21-14-4-2-1-3-13(14)19-20-21/h1-7H,8-9H2,(H,18,22). The summed E-state index contributed by atoms with van der Waals surface area (Å²) in [4.78, 5) is 12.0. The number of amides is 1. The van der Waals surface area contributed by atoms with E-state index < -0.39 is 0 Å². The van der Waals surface area contributed by atoms with Gasteiger partial charge in [-0.05, 0) is 30.3 Å². The van der Waals surface area contributed by atoms with Crippen LogP contribution in [0.1, 0.15) is 5.56 Å². The smallest absolute Gasteiger partial charge is 0.242 e. The average Bonchev–Trinajstić information content (AvgIpc) is 2.91. The lowest BCUT2D eigenvalue weighted by molar-refractivity contribution is -0.121. The number of para-hydroxylation sites is 1. The quantitative estimate of drug-likeness (QED) is 0.775. The van der Waals surface area contributed by atoms with Crippen molar-refractivity contribution in [1.82, 2.24) is 20.3 Å². The van der Waals surface area contributed by atoms with E-state index in [0.717, 1.165) is 15.5 Å². The van der Waals surface area contributed by atoms with E-state index in [-0.39, 0.29) is 24.8 Å². The molecular formula is C15H12BrFN4O. The van der Waals surface area contributed by atoms with Crippen LogP contribution >= 0.6 is 15.9 Å². The van der Waals surface area contributed by atoms with Gasteiger partial charge >= 0.3 is 0 Å². The fourth-order valence-electron chi connectivity index (χ4n) is 2.10. The molecule has 3 rings (SSSR count). The summed E-state index contributed by atoms with van der Waals surface area (Å²) in [5.41, 5.74) is 1.94. The van der Waals surface area contributed by atoms with E-state index in [2.05, 4.69) is 31.6 Å². The van der Waals surface area contributed by atoms with E-state index in [1.54, 1.807) is 12.1 Å². The third kappa shape index (κ3) is 3.14. The van der Waals surface area contributed by atoms with E-state index in [0.29, 0.717) is 5.56 Å². The SMILES string of the molecule is O=C(Cn1nnc2ccccc21)NCc1cc(Br)ccc1F. The van der Waals surface area contributed by atoms with Crippen LogP contribution in [0.15, 0.2) is 46.9 Å². The molecule has 7 heteroatoms. The van der Waals surface area contributed by atoms with Crippen molar-refractivity contribution >= 4 is 32.9 Å². The molecule has 0 bridgehead atoms. The van der Waals surface area contributed by atoms with Gasteiger partial charge in [-0.15, -0.1) is 5.10 Å². The van der Waals surface area contributed by atoms with Crippen molar-refractivity contribution in [3.63, 3.8) is 0 Å². The zero-order valence-corrected chi connectivity index (χ0v) is 13.0. The average molecular weight is 363 g/mol. The van der Waals surface area contributed by atoms with Crippen LogP contribution in [0, 0.1) is 5.82 Å². The number of hydrogen-bond donors (Lipinski definition) is 1. The maximum absolute atomic E-state index is 13.6. The second kappa shape index (κ2) is 6.23. The van der Waals surface area contributed by atoms with Gasteiger partial charge in [-0.25, -0.2) is 9.07 Å². The molecule has 1 aromatic heterocycles. The summed E-state index contributed by atoms with van der Waals surface area (Å²) < 4.78 is 15.9. The lowest BCUT2D eigenvalue weighted by Gasteiger charge is -2.07. The van der Waals surface area contributed by atoms with Crippen molar-refractivity contribution < 1.29 is 9.18 Å². The normalized spacial score (nSPS) is 10.8. The van der Waals surface area contributed by atoms with Crippen LogP contribution < -0.4 is 5.32 Å². The second-order valence-corrected chi connectivity index (χ2v) is 5.66. The zero-order chi connectivity index (χ0) is 15.5. The largest absolute Gasteiger partial charge is 0.350 e. The van der Waals surface area contributed by atoms with Crippen molar-refractivity contribution in [2.45, 2.75) is 13.1 Å².